The molecule has 0 spiro atoms. The van der Waals surface area contributed by atoms with E-state index in [1.54, 1.807) is 0 Å². The zero-order valence-electron chi connectivity index (χ0n) is 9.07. The van der Waals surface area contributed by atoms with Crippen molar-refractivity contribution >= 4 is 21.3 Å². The Kier molecular flexibility index (Phi) is 3.89. The van der Waals surface area contributed by atoms with Crippen LogP contribution in [0.15, 0.2) is 22.8 Å². The Hall–Kier alpha value is -1.41. The molecule has 2 atom stereocenters. The topological polar surface area (TPSA) is 99.5 Å². The van der Waals surface area contributed by atoms with Gasteiger partial charge in [-0.2, -0.15) is 4.73 Å². The molecule has 94 valence electrons. The fourth-order valence-corrected chi connectivity index (χ4v) is 2.34. The second kappa shape index (κ2) is 4.84. The summed E-state index contributed by atoms with van der Waals surface area (Å²) in [5.41, 5.74) is 0.377. The highest BCUT2D eigenvalue weighted by Crippen LogP contribution is 2.22. The molecule has 0 saturated carbocycles. The minimum absolute atomic E-state index is 0.0326. The number of aromatic nitrogens is 1. The normalized spacial score (nSPS) is 15.9. The number of pyridine rings is 1. The lowest BCUT2D eigenvalue weighted by molar-refractivity contribution is -0.603. The monoisotopic (exact) mass is 279 g/mol. The van der Waals surface area contributed by atoms with Crippen LogP contribution in [0.1, 0.15) is 17.7 Å². The molecule has 0 aliphatic heterocycles. The predicted molar refractivity (Wildman–Crippen MR) is 62.3 cm³/mol. The average Bonchev–Trinajstić information content (AvgIpc) is 2.19. The number of rotatable bonds is 3. The molecule has 0 fully saturated rings. The van der Waals surface area contributed by atoms with Crippen molar-refractivity contribution in [1.29, 1.82) is 0 Å². The van der Waals surface area contributed by atoms with Crippen LogP contribution in [0.4, 0.5) is 0 Å². The van der Waals surface area contributed by atoms with E-state index in [4.69, 9.17) is 11.6 Å². The number of hydrogen-bond donors (Lipinski definition) is 0. The summed E-state index contributed by atoms with van der Waals surface area (Å²) in [6.07, 6.45) is 2.30. The maximum atomic E-state index is 11.9. The SMILES string of the molecule is CC(c1ccc(Cl)[n+]([O-])c1)S(C)(=O)=N[N+](=O)[O-]. The summed E-state index contributed by atoms with van der Waals surface area (Å²) >= 11 is 5.53. The Balaban J connectivity index is 3.21. The smallest absolute Gasteiger partial charge is 0.286 e. The number of hydrogen-bond acceptors (Lipinski definition) is 4. The molecule has 1 aromatic heterocycles. The van der Waals surface area contributed by atoms with Crippen molar-refractivity contribution in [2.75, 3.05) is 6.26 Å². The van der Waals surface area contributed by atoms with E-state index < -0.39 is 20.0 Å². The van der Waals surface area contributed by atoms with Gasteiger partial charge in [0, 0.05) is 17.9 Å². The molecule has 0 aromatic carbocycles. The van der Waals surface area contributed by atoms with Crippen LogP contribution in [0, 0.1) is 15.3 Å². The van der Waals surface area contributed by atoms with Crippen molar-refractivity contribution in [2.24, 2.45) is 4.47 Å². The van der Waals surface area contributed by atoms with E-state index >= 15 is 0 Å². The largest absolute Gasteiger partial charge is 0.618 e. The van der Waals surface area contributed by atoms with Gasteiger partial charge in [-0.25, -0.2) is 14.3 Å². The van der Waals surface area contributed by atoms with Crippen LogP contribution < -0.4 is 4.73 Å². The van der Waals surface area contributed by atoms with Crippen molar-refractivity contribution in [3.05, 3.63) is 44.4 Å². The third kappa shape index (κ3) is 3.27. The summed E-state index contributed by atoms with van der Waals surface area (Å²) in [6, 6.07) is 2.82. The van der Waals surface area contributed by atoms with Crippen molar-refractivity contribution in [3.8, 4) is 0 Å². The molecule has 0 aliphatic carbocycles. The standard InChI is InChI=1S/C8H10ClN3O4S/c1-6(17(2,16)10-12(14)15)7-3-4-8(9)11(13)5-7/h3-6H,1-2H3. The van der Waals surface area contributed by atoms with Crippen LogP contribution in [-0.2, 0) is 9.73 Å². The van der Waals surface area contributed by atoms with Crippen LogP contribution in [0.3, 0.4) is 0 Å². The Morgan fingerprint density at radius 2 is 2.18 bits per heavy atom. The molecule has 9 heteroatoms. The Bertz CT molecular complexity index is 568. The first kappa shape index (κ1) is 13.7. The highest BCUT2D eigenvalue weighted by Gasteiger charge is 2.22. The number of nitro groups is 1. The van der Waals surface area contributed by atoms with Crippen molar-refractivity contribution in [2.45, 2.75) is 12.2 Å². The number of halogens is 1. The first-order valence-electron chi connectivity index (χ1n) is 4.48. The van der Waals surface area contributed by atoms with Gasteiger partial charge < -0.3 is 5.21 Å². The molecule has 0 amide bonds. The summed E-state index contributed by atoms with van der Waals surface area (Å²) in [5.74, 6) is 0. The van der Waals surface area contributed by atoms with Crippen LogP contribution in [0.25, 0.3) is 0 Å². The Morgan fingerprint density at radius 3 is 2.65 bits per heavy atom. The summed E-state index contributed by atoms with van der Waals surface area (Å²) in [5, 5.41) is 19.7. The van der Waals surface area contributed by atoms with Gasteiger partial charge in [-0.05, 0) is 24.6 Å². The predicted octanol–water partition coefficient (Wildman–Crippen LogP) is 1.32. The lowest BCUT2D eigenvalue weighted by Gasteiger charge is -2.10. The first-order chi connectivity index (χ1) is 7.74. The van der Waals surface area contributed by atoms with Crippen LogP contribution >= 0.6 is 11.6 Å². The molecule has 2 unspecified atom stereocenters. The fraction of sp³-hybridized carbons (Fsp3) is 0.375. The van der Waals surface area contributed by atoms with E-state index in [1.807, 2.05) is 0 Å². The van der Waals surface area contributed by atoms with Crippen LogP contribution in [-0.4, -0.2) is 15.5 Å². The Morgan fingerprint density at radius 1 is 1.59 bits per heavy atom. The van der Waals surface area contributed by atoms with E-state index in [1.165, 1.54) is 25.3 Å². The van der Waals surface area contributed by atoms with E-state index in [9.17, 15) is 19.5 Å². The van der Waals surface area contributed by atoms with Crippen molar-refractivity contribution in [1.82, 2.24) is 0 Å². The average molecular weight is 280 g/mol. The van der Waals surface area contributed by atoms with E-state index in [2.05, 4.69) is 4.47 Å². The molecule has 17 heavy (non-hydrogen) atoms. The van der Waals surface area contributed by atoms with Gasteiger partial charge in [0.25, 0.3) is 5.15 Å². The van der Waals surface area contributed by atoms with E-state index in [0.717, 1.165) is 6.20 Å². The second-order valence-corrected chi connectivity index (χ2v) is 6.41. The molecule has 7 nitrogen and oxygen atoms in total. The molecular weight excluding hydrogens is 270 g/mol. The fourth-order valence-electron chi connectivity index (χ4n) is 1.17. The molecule has 0 radical (unpaired) electrons. The molecular formula is C8H10ClN3O4S. The van der Waals surface area contributed by atoms with E-state index in [-0.39, 0.29) is 5.15 Å². The van der Waals surface area contributed by atoms with Gasteiger partial charge in [0.2, 0.25) is 0 Å². The Labute approximate surface area is 103 Å². The zero-order valence-corrected chi connectivity index (χ0v) is 10.6. The molecule has 1 rings (SSSR count). The van der Waals surface area contributed by atoms with Crippen molar-refractivity contribution in [3.63, 3.8) is 0 Å². The first-order valence-corrected chi connectivity index (χ1v) is 6.84. The summed E-state index contributed by atoms with van der Waals surface area (Å²) in [6.45, 7) is 1.50. The summed E-state index contributed by atoms with van der Waals surface area (Å²) in [4.78, 5) is 10.2. The second-order valence-electron chi connectivity index (χ2n) is 3.43. The highest BCUT2D eigenvalue weighted by molar-refractivity contribution is 7.93. The minimum atomic E-state index is -3.06. The lowest BCUT2D eigenvalue weighted by atomic mass is 10.2. The van der Waals surface area contributed by atoms with Gasteiger partial charge in [0.15, 0.2) is 11.2 Å². The molecule has 0 aliphatic rings. The van der Waals surface area contributed by atoms with Crippen LogP contribution in [0.5, 0.6) is 0 Å². The van der Waals surface area contributed by atoms with Crippen LogP contribution in [0.2, 0.25) is 5.15 Å². The van der Waals surface area contributed by atoms with Gasteiger partial charge in [0.05, 0.1) is 5.25 Å². The minimum Gasteiger partial charge on any atom is -0.618 e. The molecule has 0 N–H and O–H groups in total. The summed E-state index contributed by atoms with van der Waals surface area (Å²) < 4.78 is 15.3. The van der Waals surface area contributed by atoms with Gasteiger partial charge in [-0.1, -0.05) is 0 Å². The molecule has 0 saturated heterocycles. The highest BCUT2D eigenvalue weighted by atomic mass is 35.5. The lowest BCUT2D eigenvalue weighted by Crippen LogP contribution is -2.28. The van der Waals surface area contributed by atoms with Gasteiger partial charge in [-0.15, -0.1) is 0 Å². The quantitative estimate of drug-likeness (QED) is 0.274. The maximum Gasteiger partial charge on any atom is 0.286 e. The summed E-state index contributed by atoms with van der Waals surface area (Å²) in [7, 11) is -3.06. The van der Waals surface area contributed by atoms with Gasteiger partial charge in [0.1, 0.15) is 14.2 Å². The van der Waals surface area contributed by atoms with Gasteiger partial charge >= 0.3 is 0 Å². The number of nitrogens with zero attached hydrogens (tertiary/aromatic N) is 3. The third-order valence-electron chi connectivity index (χ3n) is 2.24. The molecule has 0 bridgehead atoms. The maximum absolute atomic E-state index is 11.9. The molecule has 1 aromatic rings. The van der Waals surface area contributed by atoms with E-state index in [0.29, 0.717) is 10.3 Å². The molecule has 1 heterocycles. The van der Waals surface area contributed by atoms with Gasteiger partial charge in [-0.3, -0.25) is 0 Å². The van der Waals surface area contributed by atoms with Crippen molar-refractivity contribution < 1.29 is 14.0 Å². The zero-order chi connectivity index (χ0) is 13.2. The third-order valence-corrected chi connectivity index (χ3v) is 4.58.